The highest BCUT2D eigenvalue weighted by Crippen LogP contribution is 2.28. The molecule has 0 amide bonds. The van der Waals surface area contributed by atoms with Crippen molar-refractivity contribution >= 4 is 31.3 Å². The van der Waals surface area contributed by atoms with E-state index >= 15 is 0 Å². The van der Waals surface area contributed by atoms with E-state index < -0.39 is 71.4 Å². The molecule has 0 radical (unpaired) electrons. The van der Waals surface area contributed by atoms with Gasteiger partial charge in [0.2, 0.25) is 0 Å². The van der Waals surface area contributed by atoms with Gasteiger partial charge in [-0.2, -0.15) is 0 Å². The quantitative estimate of drug-likeness (QED) is 0.425. The van der Waals surface area contributed by atoms with Gasteiger partial charge in [0, 0.05) is 0 Å². The molecule has 0 spiro atoms. The first-order valence-corrected chi connectivity index (χ1v) is 9.21. The highest BCUT2D eigenvalue weighted by Gasteiger charge is 2.27. The average Bonchev–Trinajstić information content (AvgIpc) is 2.37. The number of sulfone groups is 2. The molecule has 11 heteroatoms. The van der Waals surface area contributed by atoms with Gasteiger partial charge in [-0.1, -0.05) is 0 Å². The van der Waals surface area contributed by atoms with Gasteiger partial charge in [-0.15, -0.1) is 0 Å². The molecule has 1 aromatic carbocycles. The Labute approximate surface area is 126 Å². The molecule has 0 fully saturated rings. The van der Waals surface area contributed by atoms with Crippen LogP contribution in [0.5, 0.6) is 0 Å². The molecule has 0 saturated heterocycles. The van der Waals surface area contributed by atoms with E-state index in [-0.39, 0.29) is 0 Å². The summed E-state index contributed by atoms with van der Waals surface area (Å²) >= 11 is 0. The number of rotatable bonds is 7. The molecule has 9 nitrogen and oxygen atoms in total. The molecule has 0 atom stereocenters. The Morgan fingerprint density at radius 3 is 1.82 bits per heavy atom. The first kappa shape index (κ1) is 18.4. The first-order valence-electron chi connectivity index (χ1n) is 5.91. The number of aliphatic hydroxyl groups is 2. The van der Waals surface area contributed by atoms with Crippen LogP contribution in [0.3, 0.4) is 0 Å². The number of nitrogens with two attached hydrogens (primary N) is 1. The van der Waals surface area contributed by atoms with Crippen molar-refractivity contribution in [3.63, 3.8) is 0 Å². The van der Waals surface area contributed by atoms with E-state index in [0.29, 0.717) is 6.07 Å². The number of benzene rings is 1. The van der Waals surface area contributed by atoms with Gasteiger partial charge in [0.25, 0.3) is 0 Å². The zero-order chi connectivity index (χ0) is 17.1. The van der Waals surface area contributed by atoms with E-state index in [1.165, 1.54) is 0 Å². The third kappa shape index (κ3) is 3.74. The summed E-state index contributed by atoms with van der Waals surface area (Å²) in [5.74, 6) is -3.06. The maximum atomic E-state index is 12.0. The lowest BCUT2D eigenvalue weighted by molar-refractivity contribution is 0.0692. The molecule has 1 aromatic rings. The van der Waals surface area contributed by atoms with Crippen molar-refractivity contribution in [2.75, 3.05) is 30.5 Å². The van der Waals surface area contributed by atoms with Gasteiger partial charge in [0.05, 0.1) is 45.8 Å². The number of hydrogen-bond acceptors (Lipinski definition) is 8. The molecule has 0 aliphatic heterocycles. The number of nitrogen functional groups attached to an aromatic ring is 1. The minimum Gasteiger partial charge on any atom is -0.478 e. The van der Waals surface area contributed by atoms with E-state index in [9.17, 15) is 21.6 Å². The van der Waals surface area contributed by atoms with Crippen LogP contribution in [0.25, 0.3) is 0 Å². The van der Waals surface area contributed by atoms with Crippen molar-refractivity contribution < 1.29 is 36.9 Å². The molecule has 0 heterocycles. The lowest BCUT2D eigenvalue weighted by Gasteiger charge is -2.12. The third-order valence-corrected chi connectivity index (χ3v) is 6.20. The van der Waals surface area contributed by atoms with Crippen LogP contribution in [-0.4, -0.2) is 62.8 Å². The van der Waals surface area contributed by atoms with Gasteiger partial charge in [-0.3, -0.25) is 0 Å². The Morgan fingerprint density at radius 1 is 0.955 bits per heavy atom. The average molecular weight is 353 g/mol. The normalized spacial score (nSPS) is 12.3. The smallest absolute Gasteiger partial charge is 0.337 e. The van der Waals surface area contributed by atoms with E-state index in [2.05, 4.69) is 0 Å². The van der Waals surface area contributed by atoms with E-state index in [0.717, 1.165) is 6.07 Å². The minimum absolute atomic E-state index is 0.436. The third-order valence-electron chi connectivity index (χ3n) is 2.73. The second-order valence-electron chi connectivity index (χ2n) is 4.28. The summed E-state index contributed by atoms with van der Waals surface area (Å²) in [6, 6.07) is 1.38. The summed E-state index contributed by atoms with van der Waals surface area (Å²) in [6.07, 6.45) is 0. The molecule has 5 N–H and O–H groups in total. The second kappa shape index (κ2) is 6.60. The number of anilines is 1. The monoisotopic (exact) mass is 353 g/mol. The van der Waals surface area contributed by atoms with Crippen LogP contribution in [-0.2, 0) is 19.7 Å². The Hall–Kier alpha value is -1.69. The SMILES string of the molecule is Nc1cc(C(=O)O)c(S(=O)(=O)CCO)cc1S(=O)(=O)CCO. The van der Waals surface area contributed by atoms with Crippen molar-refractivity contribution in [2.24, 2.45) is 0 Å². The number of carboxylic acid groups (broad SMARTS) is 1. The molecule has 0 aliphatic rings. The lowest BCUT2D eigenvalue weighted by Crippen LogP contribution is -2.18. The van der Waals surface area contributed by atoms with Crippen LogP contribution >= 0.6 is 0 Å². The zero-order valence-corrected chi connectivity index (χ0v) is 12.9. The summed E-state index contributed by atoms with van der Waals surface area (Å²) in [4.78, 5) is 9.81. The fourth-order valence-corrected chi connectivity index (χ4v) is 4.22. The molecule has 0 aromatic heterocycles. The maximum Gasteiger partial charge on any atom is 0.337 e. The fraction of sp³-hybridized carbons (Fsp3) is 0.364. The van der Waals surface area contributed by atoms with Gasteiger partial charge < -0.3 is 21.1 Å². The number of aliphatic hydroxyl groups excluding tert-OH is 2. The molecular formula is C11H15NO8S2. The standard InChI is InChI=1S/C11H15NO8S2/c12-8-5-7(11(15)16)9(21(17,18)3-1-13)6-10(8)22(19,20)4-2-14/h5-6,13-14H,1-4,12H2,(H,15,16). The Balaban J connectivity index is 3.72. The van der Waals surface area contributed by atoms with Crippen molar-refractivity contribution in [2.45, 2.75) is 9.79 Å². The predicted octanol–water partition coefficient (Wildman–Crippen LogP) is -1.50. The molecular weight excluding hydrogens is 338 g/mol. The van der Waals surface area contributed by atoms with E-state index in [1.54, 1.807) is 0 Å². The van der Waals surface area contributed by atoms with Gasteiger partial charge >= 0.3 is 5.97 Å². The van der Waals surface area contributed by atoms with E-state index in [4.69, 9.17) is 21.1 Å². The molecule has 22 heavy (non-hydrogen) atoms. The van der Waals surface area contributed by atoms with Crippen molar-refractivity contribution in [1.82, 2.24) is 0 Å². The molecule has 124 valence electrons. The van der Waals surface area contributed by atoms with Crippen LogP contribution in [0.2, 0.25) is 0 Å². The zero-order valence-electron chi connectivity index (χ0n) is 11.3. The lowest BCUT2D eigenvalue weighted by atomic mass is 10.2. The van der Waals surface area contributed by atoms with Gasteiger partial charge in [-0.05, 0) is 12.1 Å². The van der Waals surface area contributed by atoms with Crippen LogP contribution in [0, 0.1) is 0 Å². The first-order chi connectivity index (χ1) is 10.1. The van der Waals surface area contributed by atoms with Crippen LogP contribution in [0.4, 0.5) is 5.69 Å². The number of carboxylic acids is 1. The fourth-order valence-electron chi connectivity index (χ4n) is 1.73. The largest absolute Gasteiger partial charge is 0.478 e. The Morgan fingerprint density at radius 2 is 1.41 bits per heavy atom. The molecule has 0 bridgehead atoms. The van der Waals surface area contributed by atoms with Crippen LogP contribution < -0.4 is 5.73 Å². The highest BCUT2D eigenvalue weighted by molar-refractivity contribution is 7.92. The maximum absolute atomic E-state index is 12.0. The summed E-state index contributed by atoms with van der Waals surface area (Å²) in [5, 5.41) is 26.5. The van der Waals surface area contributed by atoms with Crippen molar-refractivity contribution in [3.8, 4) is 0 Å². The van der Waals surface area contributed by atoms with Gasteiger partial charge in [0.1, 0.15) is 0 Å². The summed E-state index contributed by atoms with van der Waals surface area (Å²) in [6.45, 7) is -1.47. The van der Waals surface area contributed by atoms with Gasteiger partial charge in [-0.25, -0.2) is 21.6 Å². The minimum atomic E-state index is -4.21. The number of carbonyl (C=O) groups is 1. The molecule has 0 unspecified atom stereocenters. The Kier molecular flexibility index (Phi) is 5.51. The number of hydrogen-bond donors (Lipinski definition) is 4. The molecule has 0 aliphatic carbocycles. The number of aromatic carboxylic acids is 1. The Bertz CT molecular complexity index is 783. The highest BCUT2D eigenvalue weighted by atomic mass is 32.2. The molecule has 1 rings (SSSR count). The van der Waals surface area contributed by atoms with E-state index in [1.807, 2.05) is 0 Å². The van der Waals surface area contributed by atoms with Gasteiger partial charge in [0.15, 0.2) is 19.7 Å². The second-order valence-corrected chi connectivity index (χ2v) is 8.43. The van der Waals surface area contributed by atoms with Crippen LogP contribution in [0.1, 0.15) is 10.4 Å². The summed E-state index contributed by atoms with van der Waals surface area (Å²) < 4.78 is 47.9. The topological polar surface area (TPSA) is 172 Å². The predicted molar refractivity (Wildman–Crippen MR) is 76.1 cm³/mol. The van der Waals surface area contributed by atoms with Crippen molar-refractivity contribution in [1.29, 1.82) is 0 Å². The van der Waals surface area contributed by atoms with Crippen LogP contribution in [0.15, 0.2) is 21.9 Å². The summed E-state index contributed by atoms with van der Waals surface area (Å²) in [7, 11) is -8.29. The molecule has 0 saturated carbocycles. The van der Waals surface area contributed by atoms with Crippen molar-refractivity contribution in [3.05, 3.63) is 17.7 Å². The summed E-state index contributed by atoms with van der Waals surface area (Å²) in [5.41, 5.74) is 4.37.